The summed E-state index contributed by atoms with van der Waals surface area (Å²) in [7, 11) is 0. The maximum absolute atomic E-state index is 4.22. The molecule has 0 bridgehead atoms. The van der Waals surface area contributed by atoms with Crippen LogP contribution in [0.15, 0.2) is 18.6 Å². The second-order valence-corrected chi connectivity index (χ2v) is 4.13. The third-order valence-electron chi connectivity index (χ3n) is 2.98. The molecule has 1 fully saturated rings. The van der Waals surface area contributed by atoms with Crippen LogP contribution in [-0.4, -0.2) is 29.1 Å². The maximum atomic E-state index is 4.22. The normalized spacial score (nSPS) is 23.4. The van der Waals surface area contributed by atoms with Crippen LogP contribution in [0.1, 0.15) is 19.8 Å². The number of piperidine rings is 1. The number of hydrogen-bond donors (Lipinski definition) is 2. The van der Waals surface area contributed by atoms with E-state index < -0.39 is 0 Å². The van der Waals surface area contributed by atoms with Crippen LogP contribution in [0.4, 0.5) is 5.82 Å². The van der Waals surface area contributed by atoms with Gasteiger partial charge in [-0.15, -0.1) is 0 Å². The zero-order valence-electron chi connectivity index (χ0n) is 9.11. The van der Waals surface area contributed by atoms with Crippen molar-refractivity contribution >= 4 is 5.82 Å². The molecule has 0 spiro atoms. The first-order valence-corrected chi connectivity index (χ1v) is 5.59. The second-order valence-electron chi connectivity index (χ2n) is 4.13. The van der Waals surface area contributed by atoms with Crippen molar-refractivity contribution in [3.05, 3.63) is 18.6 Å². The van der Waals surface area contributed by atoms with Crippen LogP contribution in [0, 0.1) is 5.92 Å². The molecule has 1 saturated heterocycles. The van der Waals surface area contributed by atoms with Gasteiger partial charge in [-0.05, 0) is 38.8 Å². The lowest BCUT2D eigenvalue weighted by Crippen LogP contribution is -2.38. The van der Waals surface area contributed by atoms with Gasteiger partial charge >= 0.3 is 0 Å². The number of hydrogen-bond acceptors (Lipinski definition) is 4. The number of rotatable bonds is 3. The lowest BCUT2D eigenvalue weighted by atomic mass is 9.93. The van der Waals surface area contributed by atoms with Crippen LogP contribution < -0.4 is 10.6 Å². The Hall–Kier alpha value is -1.16. The molecule has 4 nitrogen and oxygen atoms in total. The van der Waals surface area contributed by atoms with Crippen molar-refractivity contribution in [2.45, 2.75) is 25.8 Å². The third-order valence-corrected chi connectivity index (χ3v) is 2.98. The minimum absolute atomic E-state index is 0.453. The Morgan fingerprint density at radius 3 is 3.13 bits per heavy atom. The number of anilines is 1. The van der Waals surface area contributed by atoms with Gasteiger partial charge in [0.05, 0.1) is 6.20 Å². The lowest BCUT2D eigenvalue weighted by molar-refractivity contribution is 0.346. The quantitative estimate of drug-likeness (QED) is 0.782. The monoisotopic (exact) mass is 206 g/mol. The first-order valence-electron chi connectivity index (χ1n) is 5.59. The Morgan fingerprint density at radius 2 is 2.47 bits per heavy atom. The zero-order chi connectivity index (χ0) is 10.5. The summed E-state index contributed by atoms with van der Waals surface area (Å²) in [5.74, 6) is 1.57. The number of nitrogens with zero attached hydrogens (tertiary/aromatic N) is 2. The van der Waals surface area contributed by atoms with Gasteiger partial charge < -0.3 is 10.6 Å². The van der Waals surface area contributed by atoms with Gasteiger partial charge in [0.25, 0.3) is 0 Å². The summed E-state index contributed by atoms with van der Waals surface area (Å²) in [6, 6.07) is 0.453. The molecule has 1 aromatic heterocycles. The third kappa shape index (κ3) is 2.89. The van der Waals surface area contributed by atoms with Crippen LogP contribution in [0.3, 0.4) is 0 Å². The predicted octanol–water partition coefficient (Wildman–Crippen LogP) is 1.28. The van der Waals surface area contributed by atoms with E-state index in [0.29, 0.717) is 12.0 Å². The summed E-state index contributed by atoms with van der Waals surface area (Å²) in [5.41, 5.74) is 0. The van der Waals surface area contributed by atoms with E-state index in [1.807, 2.05) is 0 Å². The van der Waals surface area contributed by atoms with Gasteiger partial charge in [0.1, 0.15) is 5.82 Å². The standard InChI is InChI=1S/C11H18N4/c1-9(10-3-2-4-12-7-10)15-11-8-13-5-6-14-11/h5-6,8-10,12H,2-4,7H2,1H3,(H,14,15). The molecular formula is C11H18N4. The predicted molar refractivity (Wildman–Crippen MR) is 60.7 cm³/mol. The minimum Gasteiger partial charge on any atom is -0.366 e. The average Bonchev–Trinajstić information content (AvgIpc) is 2.31. The van der Waals surface area contributed by atoms with Gasteiger partial charge in [-0.25, -0.2) is 4.98 Å². The van der Waals surface area contributed by atoms with Crippen molar-refractivity contribution in [1.82, 2.24) is 15.3 Å². The first-order chi connectivity index (χ1) is 7.36. The van der Waals surface area contributed by atoms with Crippen LogP contribution in [-0.2, 0) is 0 Å². The topological polar surface area (TPSA) is 49.8 Å². The fraction of sp³-hybridized carbons (Fsp3) is 0.636. The molecule has 0 amide bonds. The highest BCUT2D eigenvalue weighted by Gasteiger charge is 2.19. The second kappa shape index (κ2) is 5.07. The van der Waals surface area contributed by atoms with Crippen LogP contribution in [0.2, 0.25) is 0 Å². The van der Waals surface area contributed by atoms with Crippen molar-refractivity contribution in [2.24, 2.45) is 5.92 Å². The van der Waals surface area contributed by atoms with E-state index in [2.05, 4.69) is 27.5 Å². The highest BCUT2D eigenvalue weighted by molar-refractivity contribution is 5.31. The fourth-order valence-corrected chi connectivity index (χ4v) is 2.03. The summed E-state index contributed by atoms with van der Waals surface area (Å²) >= 11 is 0. The SMILES string of the molecule is CC(Nc1cnccn1)C1CCCNC1. The highest BCUT2D eigenvalue weighted by Crippen LogP contribution is 2.16. The molecule has 2 rings (SSSR count). The molecule has 0 aliphatic carbocycles. The molecule has 82 valence electrons. The van der Waals surface area contributed by atoms with E-state index in [-0.39, 0.29) is 0 Å². The molecular weight excluding hydrogens is 188 g/mol. The van der Waals surface area contributed by atoms with Gasteiger partial charge in [0.15, 0.2) is 0 Å². The summed E-state index contributed by atoms with van der Waals surface area (Å²) in [6.45, 7) is 4.48. The largest absolute Gasteiger partial charge is 0.366 e. The van der Waals surface area contributed by atoms with Crippen molar-refractivity contribution in [2.75, 3.05) is 18.4 Å². The van der Waals surface area contributed by atoms with Gasteiger partial charge in [-0.2, -0.15) is 0 Å². The molecule has 0 saturated carbocycles. The molecule has 1 aliphatic rings. The Morgan fingerprint density at radius 1 is 1.53 bits per heavy atom. The van der Waals surface area contributed by atoms with Gasteiger partial charge in [0.2, 0.25) is 0 Å². The first kappa shape index (κ1) is 10.4. The molecule has 2 heterocycles. The molecule has 1 aliphatic heterocycles. The molecule has 0 radical (unpaired) electrons. The number of aromatic nitrogens is 2. The van der Waals surface area contributed by atoms with Crippen molar-refractivity contribution in [1.29, 1.82) is 0 Å². The van der Waals surface area contributed by atoms with E-state index in [1.54, 1.807) is 18.6 Å². The Kier molecular flexibility index (Phi) is 3.50. The van der Waals surface area contributed by atoms with Crippen molar-refractivity contribution in [3.8, 4) is 0 Å². The summed E-state index contributed by atoms with van der Waals surface area (Å²) in [6.07, 6.45) is 7.75. The van der Waals surface area contributed by atoms with Crippen LogP contribution >= 0.6 is 0 Å². The molecule has 15 heavy (non-hydrogen) atoms. The molecule has 4 heteroatoms. The van der Waals surface area contributed by atoms with Gasteiger partial charge in [0, 0.05) is 18.4 Å². The Labute approximate surface area is 90.5 Å². The van der Waals surface area contributed by atoms with E-state index in [4.69, 9.17) is 0 Å². The van der Waals surface area contributed by atoms with Crippen LogP contribution in [0.5, 0.6) is 0 Å². The fourth-order valence-electron chi connectivity index (χ4n) is 2.03. The molecule has 2 unspecified atom stereocenters. The summed E-state index contributed by atoms with van der Waals surface area (Å²) in [5, 5.41) is 6.82. The van der Waals surface area contributed by atoms with Gasteiger partial charge in [-0.3, -0.25) is 4.98 Å². The van der Waals surface area contributed by atoms with Gasteiger partial charge in [-0.1, -0.05) is 0 Å². The van der Waals surface area contributed by atoms with E-state index >= 15 is 0 Å². The van der Waals surface area contributed by atoms with Crippen molar-refractivity contribution in [3.63, 3.8) is 0 Å². The lowest BCUT2D eigenvalue weighted by Gasteiger charge is -2.29. The molecule has 0 aromatic carbocycles. The Balaban J connectivity index is 1.88. The molecule has 2 atom stereocenters. The summed E-state index contributed by atoms with van der Waals surface area (Å²) < 4.78 is 0. The molecule has 2 N–H and O–H groups in total. The minimum atomic E-state index is 0.453. The van der Waals surface area contributed by atoms with E-state index in [1.165, 1.54) is 12.8 Å². The zero-order valence-corrected chi connectivity index (χ0v) is 9.11. The van der Waals surface area contributed by atoms with E-state index in [0.717, 1.165) is 18.9 Å². The molecule has 1 aromatic rings. The van der Waals surface area contributed by atoms with Crippen LogP contribution in [0.25, 0.3) is 0 Å². The highest BCUT2D eigenvalue weighted by atomic mass is 15.0. The van der Waals surface area contributed by atoms with E-state index in [9.17, 15) is 0 Å². The van der Waals surface area contributed by atoms with Crippen molar-refractivity contribution < 1.29 is 0 Å². The average molecular weight is 206 g/mol. The smallest absolute Gasteiger partial charge is 0.144 e. The Bertz CT molecular complexity index is 282. The maximum Gasteiger partial charge on any atom is 0.144 e. The number of nitrogens with one attached hydrogen (secondary N) is 2. The summed E-state index contributed by atoms with van der Waals surface area (Å²) in [4.78, 5) is 8.26.